The molecule has 1 aliphatic heterocycles. The van der Waals surface area contributed by atoms with Crippen molar-refractivity contribution in [2.24, 2.45) is 0 Å². The standard InChI is InChI=1S/C35H28N6O/c36-25-27(34-37-38-35(39-20-22-42-23-21-39)41(34)29-16-8-3-9-17-29)24-31-30-18-10-11-19-32(30)40(28-14-6-2-7-15-28)33(31)26-12-4-1-5-13-26/h1-19,24H,20-23H2/b27-24+. The van der Waals surface area contributed by atoms with Crippen LogP contribution in [0, 0.1) is 11.3 Å². The number of nitriles is 1. The Hall–Kier alpha value is -5.45. The number of anilines is 1. The third-order valence-corrected chi connectivity index (χ3v) is 7.58. The van der Waals surface area contributed by atoms with Crippen LogP contribution in [-0.2, 0) is 4.74 Å². The second-order valence-corrected chi connectivity index (χ2v) is 10.1. The summed E-state index contributed by atoms with van der Waals surface area (Å²) in [5, 5.41) is 20.9. The number of nitrogens with zero attached hydrogens (tertiary/aromatic N) is 6. The highest BCUT2D eigenvalue weighted by Crippen LogP contribution is 2.39. The maximum atomic E-state index is 10.6. The molecule has 0 radical (unpaired) electrons. The Labute approximate surface area is 244 Å². The van der Waals surface area contributed by atoms with E-state index in [0.29, 0.717) is 43.6 Å². The first-order chi connectivity index (χ1) is 20.8. The topological polar surface area (TPSA) is 71.9 Å². The van der Waals surface area contributed by atoms with E-state index in [4.69, 9.17) is 4.74 Å². The number of morpholine rings is 1. The van der Waals surface area contributed by atoms with Gasteiger partial charge in [-0.05, 0) is 42.0 Å². The van der Waals surface area contributed by atoms with Crippen molar-refractivity contribution < 1.29 is 4.74 Å². The Bertz CT molecular complexity index is 1910. The molecule has 0 aliphatic carbocycles. The summed E-state index contributed by atoms with van der Waals surface area (Å²) in [6.07, 6.45) is 1.97. The maximum Gasteiger partial charge on any atom is 0.232 e. The number of fused-ring (bicyclic) bond motifs is 1. The van der Waals surface area contributed by atoms with Crippen LogP contribution in [0.1, 0.15) is 11.4 Å². The molecule has 0 N–H and O–H groups in total. The lowest BCUT2D eigenvalue weighted by Crippen LogP contribution is -2.38. The molecule has 0 saturated carbocycles. The smallest absolute Gasteiger partial charge is 0.232 e. The summed E-state index contributed by atoms with van der Waals surface area (Å²) in [5.74, 6) is 1.20. The van der Waals surface area contributed by atoms with E-state index in [-0.39, 0.29) is 0 Å². The molecule has 1 fully saturated rings. The predicted octanol–water partition coefficient (Wildman–Crippen LogP) is 6.78. The van der Waals surface area contributed by atoms with Crippen LogP contribution in [0.15, 0.2) is 115 Å². The molecule has 7 nitrogen and oxygen atoms in total. The normalized spacial score (nSPS) is 13.8. The summed E-state index contributed by atoms with van der Waals surface area (Å²) >= 11 is 0. The third-order valence-electron chi connectivity index (χ3n) is 7.58. The van der Waals surface area contributed by atoms with E-state index in [1.165, 1.54) is 0 Å². The van der Waals surface area contributed by atoms with Gasteiger partial charge in [-0.25, -0.2) is 0 Å². The number of ether oxygens (including phenoxy) is 1. The second-order valence-electron chi connectivity index (χ2n) is 10.1. The van der Waals surface area contributed by atoms with Crippen molar-refractivity contribution in [3.05, 3.63) is 127 Å². The van der Waals surface area contributed by atoms with Gasteiger partial charge in [-0.3, -0.25) is 4.57 Å². The van der Waals surface area contributed by atoms with Gasteiger partial charge in [0.2, 0.25) is 5.95 Å². The molecule has 0 atom stereocenters. The number of para-hydroxylation sites is 3. The first-order valence-corrected chi connectivity index (χ1v) is 14.0. The van der Waals surface area contributed by atoms with Crippen LogP contribution in [0.25, 0.3) is 45.2 Å². The molecule has 1 aliphatic rings. The molecule has 0 amide bonds. The molecule has 0 bridgehead atoms. The summed E-state index contributed by atoms with van der Waals surface area (Å²) in [7, 11) is 0. The first-order valence-electron chi connectivity index (χ1n) is 14.0. The number of allylic oxidation sites excluding steroid dienone is 1. The van der Waals surface area contributed by atoms with E-state index in [1.54, 1.807) is 0 Å². The lowest BCUT2D eigenvalue weighted by atomic mass is 10.0. The van der Waals surface area contributed by atoms with E-state index in [1.807, 2.05) is 83.4 Å². The molecule has 2 aromatic heterocycles. The summed E-state index contributed by atoms with van der Waals surface area (Å²) in [6.45, 7) is 2.66. The van der Waals surface area contributed by atoms with Crippen LogP contribution in [0.5, 0.6) is 0 Å². The third kappa shape index (κ3) is 4.54. The van der Waals surface area contributed by atoms with Gasteiger partial charge >= 0.3 is 0 Å². The molecule has 7 heteroatoms. The minimum absolute atomic E-state index is 0.430. The van der Waals surface area contributed by atoms with Crippen LogP contribution in [-0.4, -0.2) is 45.6 Å². The lowest BCUT2D eigenvalue weighted by molar-refractivity contribution is 0.122. The van der Waals surface area contributed by atoms with Gasteiger partial charge in [-0.1, -0.05) is 84.9 Å². The van der Waals surface area contributed by atoms with Crippen LogP contribution in [0.2, 0.25) is 0 Å². The van der Waals surface area contributed by atoms with Crippen molar-refractivity contribution in [1.82, 2.24) is 19.3 Å². The zero-order valence-corrected chi connectivity index (χ0v) is 23.0. The van der Waals surface area contributed by atoms with Crippen LogP contribution >= 0.6 is 0 Å². The molecule has 204 valence electrons. The van der Waals surface area contributed by atoms with E-state index >= 15 is 0 Å². The van der Waals surface area contributed by atoms with E-state index in [2.05, 4.69) is 68.2 Å². The average Bonchev–Trinajstić information content (AvgIpc) is 3.65. The molecule has 3 heterocycles. The van der Waals surface area contributed by atoms with Crippen molar-refractivity contribution >= 4 is 28.5 Å². The van der Waals surface area contributed by atoms with Gasteiger partial charge in [0.25, 0.3) is 0 Å². The quantitative estimate of drug-likeness (QED) is 0.215. The van der Waals surface area contributed by atoms with Gasteiger partial charge in [0.05, 0.1) is 35.7 Å². The van der Waals surface area contributed by atoms with Crippen molar-refractivity contribution in [3.8, 4) is 28.7 Å². The Morgan fingerprint density at radius 2 is 1.31 bits per heavy atom. The maximum absolute atomic E-state index is 10.6. The van der Waals surface area contributed by atoms with Crippen LogP contribution in [0.3, 0.4) is 0 Å². The van der Waals surface area contributed by atoms with Gasteiger partial charge < -0.3 is 14.2 Å². The highest BCUT2D eigenvalue weighted by Gasteiger charge is 2.25. The lowest BCUT2D eigenvalue weighted by Gasteiger charge is -2.28. The van der Waals surface area contributed by atoms with E-state index in [9.17, 15) is 5.26 Å². The van der Waals surface area contributed by atoms with Gasteiger partial charge in [0.15, 0.2) is 5.82 Å². The fourth-order valence-corrected chi connectivity index (χ4v) is 5.66. The zero-order chi connectivity index (χ0) is 28.3. The molecule has 0 unspecified atom stereocenters. The van der Waals surface area contributed by atoms with E-state index < -0.39 is 0 Å². The molecular weight excluding hydrogens is 520 g/mol. The molecule has 1 saturated heterocycles. The number of hydrogen-bond donors (Lipinski definition) is 0. The molecule has 0 spiro atoms. The first kappa shape index (κ1) is 25.5. The predicted molar refractivity (Wildman–Crippen MR) is 167 cm³/mol. The minimum atomic E-state index is 0.430. The number of rotatable bonds is 6. The molecule has 7 rings (SSSR count). The van der Waals surface area contributed by atoms with Gasteiger partial charge in [0.1, 0.15) is 6.07 Å². The van der Waals surface area contributed by atoms with Gasteiger partial charge in [-0.15, -0.1) is 10.2 Å². The van der Waals surface area contributed by atoms with Gasteiger partial charge in [0, 0.05) is 29.7 Å². The largest absolute Gasteiger partial charge is 0.378 e. The molecule has 4 aromatic carbocycles. The van der Waals surface area contributed by atoms with E-state index in [0.717, 1.165) is 39.1 Å². The van der Waals surface area contributed by atoms with Crippen LogP contribution < -0.4 is 4.90 Å². The highest BCUT2D eigenvalue weighted by molar-refractivity contribution is 6.04. The van der Waals surface area contributed by atoms with Gasteiger partial charge in [-0.2, -0.15) is 5.26 Å². The fourth-order valence-electron chi connectivity index (χ4n) is 5.66. The second kappa shape index (κ2) is 11.2. The van der Waals surface area contributed by atoms with Crippen molar-refractivity contribution in [1.29, 1.82) is 5.26 Å². The summed E-state index contributed by atoms with van der Waals surface area (Å²) < 4.78 is 9.85. The van der Waals surface area contributed by atoms with Crippen molar-refractivity contribution in [2.45, 2.75) is 0 Å². The Morgan fingerprint density at radius 3 is 1.98 bits per heavy atom. The summed E-state index contributed by atoms with van der Waals surface area (Å²) in [5.41, 5.74) is 6.45. The average molecular weight is 549 g/mol. The number of hydrogen-bond acceptors (Lipinski definition) is 5. The number of aromatic nitrogens is 4. The SMILES string of the molecule is N#C/C(=C\c1c(-c2ccccc2)n(-c2ccccc2)c2ccccc12)c1nnc(N2CCOCC2)n1-c1ccccc1. The Morgan fingerprint density at radius 1 is 0.714 bits per heavy atom. The number of benzene rings is 4. The fraction of sp³-hybridized carbons (Fsp3) is 0.114. The van der Waals surface area contributed by atoms with Crippen molar-refractivity contribution in [2.75, 3.05) is 31.2 Å². The molecular formula is C35H28N6O. The zero-order valence-electron chi connectivity index (χ0n) is 23.0. The molecule has 6 aromatic rings. The van der Waals surface area contributed by atoms with Crippen molar-refractivity contribution in [3.63, 3.8) is 0 Å². The Kier molecular flexibility index (Phi) is 6.80. The Balaban J connectivity index is 1.50. The monoisotopic (exact) mass is 548 g/mol. The minimum Gasteiger partial charge on any atom is -0.378 e. The summed E-state index contributed by atoms with van der Waals surface area (Å²) in [4.78, 5) is 2.17. The molecule has 42 heavy (non-hydrogen) atoms. The van der Waals surface area contributed by atoms with Crippen LogP contribution in [0.4, 0.5) is 5.95 Å². The summed E-state index contributed by atoms with van der Waals surface area (Å²) in [6, 6.07) is 41.4. The highest BCUT2D eigenvalue weighted by atomic mass is 16.5.